The number of carbonyl (C=O) groups is 2. The molecule has 0 fully saturated rings. The quantitative estimate of drug-likeness (QED) is 0.204. The largest absolute Gasteiger partial charge is 0.465 e. The number of carbonyl (C=O) groups excluding carboxylic acids is 2. The van der Waals surface area contributed by atoms with Gasteiger partial charge in [-0.05, 0) is 67.3 Å². The van der Waals surface area contributed by atoms with Gasteiger partial charge in [-0.15, -0.1) is 0 Å². The molecule has 1 heterocycles. The zero-order valence-electron chi connectivity index (χ0n) is 22.4. The van der Waals surface area contributed by atoms with Crippen LogP contribution in [-0.2, 0) is 29.0 Å². The molecule has 39 heavy (non-hydrogen) atoms. The number of aromatic nitrogens is 1. The van der Waals surface area contributed by atoms with Gasteiger partial charge in [-0.25, -0.2) is 4.79 Å². The molecule has 4 rings (SSSR count). The smallest absolute Gasteiger partial charge is 0.337 e. The molecule has 1 amide bonds. The van der Waals surface area contributed by atoms with Gasteiger partial charge in [0, 0.05) is 42.8 Å². The van der Waals surface area contributed by atoms with Gasteiger partial charge in [-0.2, -0.15) is 0 Å². The number of amides is 1. The fourth-order valence-electron chi connectivity index (χ4n) is 4.59. The molecule has 0 saturated carbocycles. The van der Waals surface area contributed by atoms with Crippen molar-refractivity contribution >= 4 is 46.0 Å². The Morgan fingerprint density at radius 1 is 0.923 bits per heavy atom. The van der Waals surface area contributed by atoms with Crippen LogP contribution in [0.2, 0.25) is 10.0 Å². The molecule has 1 aromatic heterocycles. The Kier molecular flexibility index (Phi) is 9.68. The summed E-state index contributed by atoms with van der Waals surface area (Å²) in [5.74, 6) is -0.368. The summed E-state index contributed by atoms with van der Waals surface area (Å²) in [6.07, 6.45) is 2.72. The van der Waals surface area contributed by atoms with Crippen LogP contribution < -0.4 is 0 Å². The number of halogens is 2. The molecule has 4 aromatic rings. The molecule has 8 heteroatoms. The molecule has 0 unspecified atom stereocenters. The van der Waals surface area contributed by atoms with E-state index < -0.39 is 0 Å². The van der Waals surface area contributed by atoms with Gasteiger partial charge in [0.1, 0.15) is 0 Å². The Morgan fingerprint density at radius 3 is 2.44 bits per heavy atom. The molecule has 0 spiro atoms. The lowest BCUT2D eigenvalue weighted by Crippen LogP contribution is -2.43. The number of nitrogens with one attached hydrogen (secondary N) is 1. The lowest BCUT2D eigenvalue weighted by molar-refractivity contribution is -0.133. The number of benzene rings is 3. The fraction of sp³-hybridized carbons (Fsp3) is 0.290. The van der Waals surface area contributed by atoms with E-state index in [0.29, 0.717) is 41.7 Å². The highest BCUT2D eigenvalue weighted by Crippen LogP contribution is 2.24. The van der Waals surface area contributed by atoms with Crippen molar-refractivity contribution in [3.63, 3.8) is 0 Å². The Bertz CT molecular complexity index is 1450. The summed E-state index contributed by atoms with van der Waals surface area (Å²) < 4.78 is 4.86. The van der Waals surface area contributed by atoms with Crippen LogP contribution in [0.4, 0.5) is 0 Å². The van der Waals surface area contributed by atoms with E-state index in [9.17, 15) is 9.59 Å². The van der Waals surface area contributed by atoms with E-state index in [1.165, 1.54) is 7.11 Å². The minimum atomic E-state index is -0.380. The monoisotopic (exact) mass is 565 g/mol. The number of ether oxygens (including phenoxy) is 1. The van der Waals surface area contributed by atoms with Crippen LogP contribution in [0.25, 0.3) is 10.9 Å². The number of methoxy groups -OCH3 is 1. The Morgan fingerprint density at radius 2 is 1.69 bits per heavy atom. The standard InChI is InChI=1S/C31H33Cl2N3O3/c1-21(2)36(19-22-7-6-8-24(15-22)31(38)39-3)20-30(37)35(18-23-11-12-27(32)28(33)16-23)14-13-25-17-34-29-10-5-4-9-26(25)29/h4-12,15-17,21,34H,13-14,18-20H2,1-3H3. The summed E-state index contributed by atoms with van der Waals surface area (Å²) in [6, 6.07) is 21.1. The number of hydrogen-bond acceptors (Lipinski definition) is 4. The number of aromatic amines is 1. The highest BCUT2D eigenvalue weighted by Gasteiger charge is 2.21. The van der Waals surface area contributed by atoms with Gasteiger partial charge in [0.15, 0.2) is 0 Å². The van der Waals surface area contributed by atoms with Crippen LogP contribution in [0, 0.1) is 0 Å². The normalized spacial score (nSPS) is 11.4. The summed E-state index contributed by atoms with van der Waals surface area (Å²) in [4.78, 5) is 33.1. The first-order valence-electron chi connectivity index (χ1n) is 12.9. The van der Waals surface area contributed by atoms with Gasteiger partial charge in [0.2, 0.25) is 5.91 Å². The molecule has 0 radical (unpaired) electrons. The van der Waals surface area contributed by atoms with Crippen LogP contribution in [0.1, 0.15) is 40.9 Å². The van der Waals surface area contributed by atoms with Gasteiger partial charge in [0.05, 0.1) is 29.3 Å². The van der Waals surface area contributed by atoms with Crippen molar-refractivity contribution in [1.29, 1.82) is 0 Å². The van der Waals surface area contributed by atoms with Crippen molar-refractivity contribution in [3.8, 4) is 0 Å². The summed E-state index contributed by atoms with van der Waals surface area (Å²) in [7, 11) is 1.37. The van der Waals surface area contributed by atoms with E-state index in [-0.39, 0.29) is 24.5 Å². The van der Waals surface area contributed by atoms with Crippen molar-refractivity contribution in [3.05, 3.63) is 105 Å². The summed E-state index contributed by atoms with van der Waals surface area (Å²) >= 11 is 12.4. The maximum absolute atomic E-state index is 13.8. The third-order valence-electron chi connectivity index (χ3n) is 6.84. The van der Waals surface area contributed by atoms with Crippen LogP contribution in [-0.4, -0.2) is 52.9 Å². The van der Waals surface area contributed by atoms with Crippen molar-refractivity contribution in [2.24, 2.45) is 0 Å². The highest BCUT2D eigenvalue weighted by molar-refractivity contribution is 6.42. The minimum absolute atomic E-state index is 0.0127. The van der Waals surface area contributed by atoms with Crippen LogP contribution >= 0.6 is 23.2 Å². The van der Waals surface area contributed by atoms with Gasteiger partial charge in [0.25, 0.3) is 0 Å². The van der Waals surface area contributed by atoms with E-state index in [1.54, 1.807) is 12.1 Å². The van der Waals surface area contributed by atoms with Gasteiger partial charge in [-0.3, -0.25) is 9.69 Å². The summed E-state index contributed by atoms with van der Waals surface area (Å²) in [5, 5.41) is 2.11. The maximum atomic E-state index is 13.8. The molecule has 0 aliphatic rings. The van der Waals surface area contributed by atoms with E-state index in [1.807, 2.05) is 59.6 Å². The van der Waals surface area contributed by atoms with Crippen LogP contribution in [0.15, 0.2) is 72.9 Å². The highest BCUT2D eigenvalue weighted by atomic mass is 35.5. The van der Waals surface area contributed by atoms with Crippen molar-refractivity contribution in [2.45, 2.75) is 39.4 Å². The maximum Gasteiger partial charge on any atom is 0.337 e. The van der Waals surface area contributed by atoms with Crippen LogP contribution in [0.3, 0.4) is 0 Å². The lowest BCUT2D eigenvalue weighted by Gasteiger charge is -2.30. The number of H-pyrrole nitrogens is 1. The molecule has 6 nitrogen and oxygen atoms in total. The number of hydrogen-bond donors (Lipinski definition) is 1. The molecule has 0 aliphatic heterocycles. The topological polar surface area (TPSA) is 65.6 Å². The molecule has 0 atom stereocenters. The third kappa shape index (κ3) is 7.41. The number of nitrogens with zero attached hydrogens (tertiary/aromatic N) is 2. The van der Waals surface area contributed by atoms with E-state index in [0.717, 1.165) is 27.6 Å². The fourth-order valence-corrected chi connectivity index (χ4v) is 4.91. The molecule has 0 aliphatic carbocycles. The second-order valence-corrected chi connectivity index (χ2v) is 10.7. The molecule has 0 bridgehead atoms. The van der Waals surface area contributed by atoms with Gasteiger partial charge >= 0.3 is 5.97 Å². The van der Waals surface area contributed by atoms with Gasteiger partial charge < -0.3 is 14.6 Å². The van der Waals surface area contributed by atoms with Crippen molar-refractivity contribution in [1.82, 2.24) is 14.8 Å². The molecule has 0 saturated heterocycles. The van der Waals surface area contributed by atoms with Crippen molar-refractivity contribution in [2.75, 3.05) is 20.2 Å². The zero-order chi connectivity index (χ0) is 27.9. The predicted molar refractivity (Wildman–Crippen MR) is 157 cm³/mol. The number of para-hydroxylation sites is 1. The van der Waals surface area contributed by atoms with Crippen molar-refractivity contribution < 1.29 is 14.3 Å². The average molecular weight is 567 g/mol. The molecule has 3 aromatic carbocycles. The lowest BCUT2D eigenvalue weighted by atomic mass is 10.1. The summed E-state index contributed by atoms with van der Waals surface area (Å²) in [5.41, 5.74) is 4.59. The Labute approximate surface area is 239 Å². The molecule has 1 N–H and O–H groups in total. The zero-order valence-corrected chi connectivity index (χ0v) is 23.9. The van der Waals surface area contributed by atoms with E-state index >= 15 is 0 Å². The predicted octanol–water partition coefficient (Wildman–Crippen LogP) is 6.74. The molecular formula is C31H33Cl2N3O3. The first kappa shape index (κ1) is 28.7. The Hall–Kier alpha value is -3.32. The SMILES string of the molecule is COC(=O)c1cccc(CN(CC(=O)N(CCc2c[nH]c3ccccc23)Cc2ccc(Cl)c(Cl)c2)C(C)C)c1. The third-order valence-corrected chi connectivity index (χ3v) is 7.58. The molecular weight excluding hydrogens is 533 g/mol. The number of fused-ring (bicyclic) bond motifs is 1. The van der Waals surface area contributed by atoms with E-state index in [4.69, 9.17) is 27.9 Å². The first-order valence-corrected chi connectivity index (χ1v) is 13.7. The van der Waals surface area contributed by atoms with Crippen LogP contribution in [0.5, 0.6) is 0 Å². The van der Waals surface area contributed by atoms with E-state index in [2.05, 4.69) is 29.8 Å². The second-order valence-electron chi connectivity index (χ2n) is 9.86. The number of esters is 1. The van der Waals surface area contributed by atoms with Gasteiger partial charge in [-0.1, -0.05) is 59.6 Å². The Balaban J connectivity index is 1.53. The first-order chi connectivity index (χ1) is 18.7. The average Bonchev–Trinajstić information content (AvgIpc) is 3.35. The minimum Gasteiger partial charge on any atom is -0.465 e. The summed E-state index contributed by atoms with van der Waals surface area (Å²) in [6.45, 7) is 5.85. The molecule has 204 valence electrons. The number of rotatable bonds is 11. The second kappa shape index (κ2) is 13.2.